The first kappa shape index (κ1) is 9.97. The fourth-order valence-electron chi connectivity index (χ4n) is 1.29. The number of aromatic nitrogens is 1. The molecule has 0 spiro atoms. The first-order valence-electron chi connectivity index (χ1n) is 4.46. The Hall–Kier alpha value is -1.57. The van der Waals surface area contributed by atoms with E-state index in [0.717, 1.165) is 0 Å². The summed E-state index contributed by atoms with van der Waals surface area (Å²) in [6.07, 6.45) is 5.02. The second kappa shape index (κ2) is 3.89. The van der Waals surface area contributed by atoms with Gasteiger partial charge in [-0.2, -0.15) is 0 Å². The molecule has 0 fully saturated rings. The molecule has 3 N–H and O–H groups in total. The van der Waals surface area contributed by atoms with Gasteiger partial charge in [-0.1, -0.05) is 6.07 Å². The van der Waals surface area contributed by atoms with E-state index in [0.29, 0.717) is 11.3 Å². The van der Waals surface area contributed by atoms with Gasteiger partial charge < -0.3 is 15.5 Å². The number of hydrogen-bond acceptors (Lipinski definition) is 6. The van der Waals surface area contributed by atoms with E-state index in [1.54, 1.807) is 28.5 Å². The van der Waals surface area contributed by atoms with Crippen LogP contribution >= 0.6 is 0 Å². The van der Waals surface area contributed by atoms with Crippen molar-refractivity contribution in [2.75, 3.05) is 12.1 Å². The van der Waals surface area contributed by atoms with Crippen molar-refractivity contribution in [3.05, 3.63) is 30.7 Å². The van der Waals surface area contributed by atoms with E-state index in [-0.39, 0.29) is 0 Å². The Morgan fingerprint density at radius 2 is 2.20 bits per heavy atom. The summed E-state index contributed by atoms with van der Waals surface area (Å²) in [5.74, 6) is 0.697. The van der Waals surface area contributed by atoms with Crippen molar-refractivity contribution < 1.29 is 10.0 Å². The Morgan fingerprint density at radius 3 is 2.67 bits per heavy atom. The molecular formula is C8H11BN4O2. The minimum atomic E-state index is -1.48. The minimum Gasteiger partial charge on any atom is -0.423 e. The Labute approximate surface area is 87.5 Å². The lowest BCUT2D eigenvalue weighted by molar-refractivity contribution is 0.300. The molecule has 0 bridgehead atoms. The molecule has 1 aliphatic rings. The van der Waals surface area contributed by atoms with Gasteiger partial charge in [-0.3, -0.25) is 0 Å². The van der Waals surface area contributed by atoms with E-state index in [4.69, 9.17) is 10.0 Å². The fourth-order valence-corrected chi connectivity index (χ4v) is 1.29. The molecule has 0 radical (unpaired) electrons. The quantitative estimate of drug-likeness (QED) is 0.506. The molecule has 0 saturated heterocycles. The van der Waals surface area contributed by atoms with Gasteiger partial charge in [-0.15, -0.1) is 5.12 Å². The van der Waals surface area contributed by atoms with Crippen LogP contribution in [0.3, 0.4) is 0 Å². The molecule has 0 amide bonds. The largest absolute Gasteiger partial charge is 0.490 e. The van der Waals surface area contributed by atoms with E-state index in [2.05, 4.69) is 10.4 Å². The molecule has 7 heteroatoms. The average Bonchev–Trinajstić information content (AvgIpc) is 2.65. The van der Waals surface area contributed by atoms with E-state index in [1.165, 1.54) is 6.20 Å². The van der Waals surface area contributed by atoms with Crippen LogP contribution in [-0.4, -0.2) is 34.3 Å². The molecule has 0 atom stereocenters. The Balaban J connectivity index is 2.20. The third-order valence-electron chi connectivity index (χ3n) is 2.10. The average molecular weight is 206 g/mol. The number of rotatable bonds is 2. The summed E-state index contributed by atoms with van der Waals surface area (Å²) in [5, 5.41) is 21.3. The van der Waals surface area contributed by atoms with Gasteiger partial charge in [-0.05, 0) is 6.07 Å². The van der Waals surface area contributed by atoms with E-state index in [1.807, 2.05) is 13.2 Å². The zero-order valence-corrected chi connectivity index (χ0v) is 8.20. The number of anilines is 1. The minimum absolute atomic E-state index is 0.373. The first-order chi connectivity index (χ1) is 7.18. The molecule has 6 nitrogen and oxygen atoms in total. The molecule has 2 heterocycles. The highest BCUT2D eigenvalue weighted by molar-refractivity contribution is 6.58. The van der Waals surface area contributed by atoms with Gasteiger partial charge >= 0.3 is 7.12 Å². The van der Waals surface area contributed by atoms with Crippen molar-refractivity contribution in [2.45, 2.75) is 0 Å². The molecule has 1 aliphatic heterocycles. The standard InChI is InChI=1S/C8H11BN4O2/c1-12-11-4-5-13(12)8-3-2-7(6-10-8)9(14)15/h2-6,11,14-15H,1H3. The second-order valence-corrected chi connectivity index (χ2v) is 3.14. The predicted molar refractivity (Wildman–Crippen MR) is 56.6 cm³/mol. The van der Waals surface area contributed by atoms with Gasteiger partial charge in [0.15, 0.2) is 0 Å². The van der Waals surface area contributed by atoms with Crippen molar-refractivity contribution in [1.29, 1.82) is 0 Å². The molecule has 0 aliphatic carbocycles. The van der Waals surface area contributed by atoms with Crippen LogP contribution in [0.1, 0.15) is 0 Å². The molecule has 0 aromatic carbocycles. The van der Waals surface area contributed by atoms with Crippen LogP contribution in [0, 0.1) is 0 Å². The third-order valence-corrected chi connectivity index (χ3v) is 2.10. The van der Waals surface area contributed by atoms with Gasteiger partial charge in [0.25, 0.3) is 0 Å². The summed E-state index contributed by atoms with van der Waals surface area (Å²) in [7, 11) is 0.368. The number of hydrogen-bond donors (Lipinski definition) is 3. The molecule has 15 heavy (non-hydrogen) atoms. The lowest BCUT2D eigenvalue weighted by atomic mass is 9.82. The molecular weight excluding hydrogens is 195 g/mol. The van der Waals surface area contributed by atoms with Crippen LogP contribution in [-0.2, 0) is 0 Å². The van der Waals surface area contributed by atoms with Crippen LogP contribution in [0.2, 0.25) is 0 Å². The highest BCUT2D eigenvalue weighted by Gasteiger charge is 2.16. The highest BCUT2D eigenvalue weighted by Crippen LogP contribution is 2.12. The smallest absolute Gasteiger partial charge is 0.423 e. The zero-order valence-electron chi connectivity index (χ0n) is 8.20. The van der Waals surface area contributed by atoms with Gasteiger partial charge in [0.05, 0.1) is 0 Å². The normalized spacial score (nSPS) is 15.5. The molecule has 0 saturated carbocycles. The SMILES string of the molecule is CN1NC=CN1c1ccc(B(O)O)cn1. The third kappa shape index (κ3) is 1.94. The molecule has 78 valence electrons. The lowest BCUT2D eigenvalue weighted by Gasteiger charge is -2.23. The predicted octanol–water partition coefficient (Wildman–Crippen LogP) is -1.60. The summed E-state index contributed by atoms with van der Waals surface area (Å²) < 4.78 is 0. The van der Waals surface area contributed by atoms with Crippen LogP contribution in [0.15, 0.2) is 30.7 Å². The summed E-state index contributed by atoms with van der Waals surface area (Å²) >= 11 is 0. The van der Waals surface area contributed by atoms with Crippen LogP contribution in [0.5, 0.6) is 0 Å². The molecule has 2 rings (SSSR count). The maximum atomic E-state index is 8.90. The Morgan fingerprint density at radius 1 is 1.40 bits per heavy atom. The maximum Gasteiger partial charge on any atom is 0.490 e. The molecule has 1 aromatic rings. The van der Waals surface area contributed by atoms with E-state index in [9.17, 15) is 0 Å². The van der Waals surface area contributed by atoms with Gasteiger partial charge in [0, 0.05) is 31.1 Å². The fraction of sp³-hybridized carbons (Fsp3) is 0.125. The van der Waals surface area contributed by atoms with Crippen molar-refractivity contribution >= 4 is 18.4 Å². The lowest BCUT2D eigenvalue weighted by Crippen LogP contribution is -2.39. The number of nitrogens with zero attached hydrogens (tertiary/aromatic N) is 3. The summed E-state index contributed by atoms with van der Waals surface area (Å²) in [4.78, 5) is 4.11. The Bertz CT molecular complexity index is 367. The van der Waals surface area contributed by atoms with Gasteiger partial charge in [0.2, 0.25) is 0 Å². The van der Waals surface area contributed by atoms with Crippen LogP contribution < -0.4 is 15.9 Å². The van der Waals surface area contributed by atoms with Crippen molar-refractivity contribution in [3.8, 4) is 0 Å². The van der Waals surface area contributed by atoms with E-state index >= 15 is 0 Å². The number of nitrogens with one attached hydrogen (secondary N) is 1. The van der Waals surface area contributed by atoms with Crippen LogP contribution in [0.4, 0.5) is 5.82 Å². The van der Waals surface area contributed by atoms with Crippen molar-refractivity contribution in [2.24, 2.45) is 0 Å². The van der Waals surface area contributed by atoms with Gasteiger partial charge in [0.1, 0.15) is 5.82 Å². The van der Waals surface area contributed by atoms with Gasteiger partial charge in [-0.25, -0.2) is 9.99 Å². The summed E-state index contributed by atoms with van der Waals surface area (Å²) in [5.41, 5.74) is 3.32. The number of pyridine rings is 1. The highest BCUT2D eigenvalue weighted by atomic mass is 16.4. The monoisotopic (exact) mass is 206 g/mol. The summed E-state index contributed by atoms with van der Waals surface area (Å²) in [6, 6.07) is 3.33. The molecule has 1 aromatic heterocycles. The topological polar surface area (TPSA) is 71.9 Å². The van der Waals surface area contributed by atoms with Crippen molar-refractivity contribution in [3.63, 3.8) is 0 Å². The Kier molecular flexibility index (Phi) is 2.59. The maximum absolute atomic E-state index is 8.90. The number of hydrazine groups is 2. The van der Waals surface area contributed by atoms with Crippen molar-refractivity contribution in [1.82, 2.24) is 15.5 Å². The summed E-state index contributed by atoms with van der Waals surface area (Å²) in [6.45, 7) is 0. The van der Waals surface area contributed by atoms with E-state index < -0.39 is 7.12 Å². The molecule has 0 unspecified atom stereocenters. The van der Waals surface area contributed by atoms with Crippen LogP contribution in [0.25, 0.3) is 0 Å². The second-order valence-electron chi connectivity index (χ2n) is 3.14. The first-order valence-corrected chi connectivity index (χ1v) is 4.46. The zero-order chi connectivity index (χ0) is 10.8.